The molecule has 0 saturated carbocycles. The number of imidazole rings is 2. The minimum atomic E-state index is -0.724. The molecule has 11 nitrogen and oxygen atoms in total. The van der Waals surface area contributed by atoms with E-state index in [4.69, 9.17) is 14.6 Å². The molecule has 0 spiro atoms. The predicted octanol–water partition coefficient (Wildman–Crippen LogP) is 4.82. The lowest BCUT2D eigenvalue weighted by Crippen LogP contribution is -2.39. The number of benzene rings is 1. The lowest BCUT2D eigenvalue weighted by molar-refractivity contribution is 0.0653. The average Bonchev–Trinajstić information content (AvgIpc) is 3.81. The quantitative estimate of drug-likeness (QED) is 0.190. The van der Waals surface area contributed by atoms with Gasteiger partial charge in [-0.15, -0.1) is 0 Å². The van der Waals surface area contributed by atoms with Gasteiger partial charge >= 0.3 is 0 Å². The van der Waals surface area contributed by atoms with Crippen LogP contribution in [0.15, 0.2) is 84.0 Å². The van der Waals surface area contributed by atoms with Crippen molar-refractivity contribution in [3.05, 3.63) is 108 Å². The van der Waals surface area contributed by atoms with Crippen LogP contribution in [0.3, 0.4) is 0 Å². The van der Waals surface area contributed by atoms with Crippen molar-refractivity contribution >= 4 is 17.3 Å². The zero-order valence-corrected chi connectivity index (χ0v) is 23.2. The summed E-state index contributed by atoms with van der Waals surface area (Å²) in [5.41, 5.74) is 3.91. The molecule has 1 fully saturated rings. The second kappa shape index (κ2) is 11.2. The van der Waals surface area contributed by atoms with Gasteiger partial charge in [-0.1, -0.05) is 5.16 Å². The molecule has 0 unspecified atom stereocenters. The zero-order chi connectivity index (χ0) is 30.2. The average molecular weight is 595 g/mol. The van der Waals surface area contributed by atoms with Crippen molar-refractivity contribution in [3.63, 3.8) is 0 Å². The van der Waals surface area contributed by atoms with Crippen LogP contribution in [0, 0.1) is 11.8 Å². The molecule has 13 heteroatoms. The Kier molecular flexibility index (Phi) is 6.97. The topological polar surface area (TPSA) is 124 Å². The Balaban J connectivity index is 1.20. The summed E-state index contributed by atoms with van der Waals surface area (Å²) in [4.78, 5) is 40.0. The van der Waals surface area contributed by atoms with Crippen molar-refractivity contribution in [1.82, 2.24) is 39.2 Å². The standard InChI is InChI=1S/C31H24F2N8O3/c32-21-3-1-19(2-4-21)29-30(40(18-35-29)23-9-13-39(14-10-23)31(43)26-8-12-36-44-26)24-5-6-28-37-22(17-41(28)38-24)16-25(42)20-7-11-34-27(33)15-20/h1-8,11-12,15,17-18,23H,9-10,13-14,16H2. The number of likely N-dealkylation sites (tertiary alicyclic amines) is 1. The van der Waals surface area contributed by atoms with Crippen LogP contribution in [0.25, 0.3) is 28.3 Å². The minimum absolute atomic E-state index is 0.0136. The molecule has 44 heavy (non-hydrogen) atoms. The van der Waals surface area contributed by atoms with Crippen LogP contribution in [-0.4, -0.2) is 64.0 Å². The van der Waals surface area contributed by atoms with Crippen molar-refractivity contribution in [3.8, 4) is 22.6 Å². The SMILES string of the molecule is O=C(Cc1cn2nc(-c3c(-c4ccc(F)cc4)ncn3C3CCN(C(=O)c4ccno4)CC3)ccc2n1)c1ccnc(F)c1. The molecule has 220 valence electrons. The maximum Gasteiger partial charge on any atom is 0.292 e. The van der Waals surface area contributed by atoms with Crippen LogP contribution in [0.1, 0.15) is 45.5 Å². The molecule has 6 aromatic rings. The van der Waals surface area contributed by atoms with Crippen molar-refractivity contribution in [2.45, 2.75) is 25.3 Å². The number of hydrogen-bond donors (Lipinski definition) is 0. The van der Waals surface area contributed by atoms with Crippen LogP contribution < -0.4 is 0 Å². The number of rotatable bonds is 7. The number of piperidine rings is 1. The van der Waals surface area contributed by atoms with Crippen LogP contribution in [0.5, 0.6) is 0 Å². The molecule has 0 aliphatic carbocycles. The molecule has 0 atom stereocenters. The first kappa shape index (κ1) is 27.3. The number of hydrogen-bond acceptors (Lipinski definition) is 8. The van der Waals surface area contributed by atoms with E-state index in [0.717, 1.165) is 17.3 Å². The highest BCUT2D eigenvalue weighted by Gasteiger charge is 2.29. The third-order valence-electron chi connectivity index (χ3n) is 7.71. The van der Waals surface area contributed by atoms with E-state index in [-0.39, 0.29) is 41.3 Å². The first-order chi connectivity index (χ1) is 21.4. The maximum atomic E-state index is 13.8. The van der Waals surface area contributed by atoms with Gasteiger partial charge in [-0.25, -0.2) is 23.9 Å². The molecular weight excluding hydrogens is 570 g/mol. The minimum Gasteiger partial charge on any atom is -0.351 e. The lowest BCUT2D eigenvalue weighted by atomic mass is 10.0. The van der Waals surface area contributed by atoms with Gasteiger partial charge in [0.2, 0.25) is 11.7 Å². The third-order valence-corrected chi connectivity index (χ3v) is 7.71. The van der Waals surface area contributed by atoms with Crippen molar-refractivity contribution < 1.29 is 22.9 Å². The number of halogens is 2. The monoisotopic (exact) mass is 594 g/mol. The molecule has 0 bridgehead atoms. The fraction of sp³-hybridized carbons (Fsp3) is 0.194. The molecule has 1 aliphatic rings. The largest absolute Gasteiger partial charge is 0.351 e. The van der Waals surface area contributed by atoms with Crippen LogP contribution in [0.4, 0.5) is 8.78 Å². The number of amides is 1. The smallest absolute Gasteiger partial charge is 0.292 e. The van der Waals surface area contributed by atoms with E-state index in [1.54, 1.807) is 46.2 Å². The lowest BCUT2D eigenvalue weighted by Gasteiger charge is -2.32. The van der Waals surface area contributed by atoms with E-state index in [1.807, 2.05) is 6.07 Å². The van der Waals surface area contributed by atoms with Gasteiger partial charge in [0.1, 0.15) is 11.5 Å². The number of fused-ring (bicyclic) bond motifs is 1. The predicted molar refractivity (Wildman–Crippen MR) is 153 cm³/mol. The van der Waals surface area contributed by atoms with Crippen LogP contribution >= 0.6 is 0 Å². The molecule has 1 aliphatic heterocycles. The Morgan fingerprint density at radius 2 is 1.77 bits per heavy atom. The summed E-state index contributed by atoms with van der Waals surface area (Å²) in [6, 6.07) is 13.9. The van der Waals surface area contributed by atoms with Crippen LogP contribution in [-0.2, 0) is 6.42 Å². The molecule has 1 amide bonds. The Hall–Kier alpha value is -5.59. The number of ketones is 1. The number of pyridine rings is 1. The molecule has 0 N–H and O–H groups in total. The maximum absolute atomic E-state index is 13.8. The summed E-state index contributed by atoms with van der Waals surface area (Å²) in [5.74, 6) is -1.36. The molecule has 5 aromatic heterocycles. The number of aromatic nitrogens is 7. The van der Waals surface area contributed by atoms with E-state index in [9.17, 15) is 18.4 Å². The third kappa shape index (κ3) is 5.23. The summed E-state index contributed by atoms with van der Waals surface area (Å²) < 4.78 is 36.0. The summed E-state index contributed by atoms with van der Waals surface area (Å²) >= 11 is 0. The van der Waals surface area contributed by atoms with E-state index in [0.29, 0.717) is 48.7 Å². The normalized spacial score (nSPS) is 13.9. The van der Waals surface area contributed by atoms with E-state index < -0.39 is 5.95 Å². The Bertz CT molecular complexity index is 1980. The second-order valence-corrected chi connectivity index (χ2v) is 10.5. The highest BCUT2D eigenvalue weighted by Crippen LogP contribution is 2.35. The molecule has 7 rings (SSSR count). The highest BCUT2D eigenvalue weighted by molar-refractivity contribution is 5.97. The van der Waals surface area contributed by atoms with Crippen LogP contribution in [0.2, 0.25) is 0 Å². The van der Waals surface area contributed by atoms with Gasteiger partial charge in [0.15, 0.2) is 11.4 Å². The van der Waals surface area contributed by atoms with Gasteiger partial charge in [-0.05, 0) is 55.3 Å². The first-order valence-electron chi connectivity index (χ1n) is 14.0. The van der Waals surface area contributed by atoms with Gasteiger partial charge in [0.25, 0.3) is 5.91 Å². The molecule has 6 heterocycles. The number of carbonyl (C=O) groups is 2. The number of Topliss-reactive ketones (excluding diaryl/α,β-unsaturated/α-hetero) is 1. The van der Waals surface area contributed by atoms with Crippen molar-refractivity contribution in [2.75, 3.05) is 13.1 Å². The summed E-state index contributed by atoms with van der Waals surface area (Å²) in [7, 11) is 0. The summed E-state index contributed by atoms with van der Waals surface area (Å²) in [6.07, 6.45) is 7.42. The number of carbonyl (C=O) groups excluding carboxylic acids is 2. The fourth-order valence-corrected chi connectivity index (χ4v) is 5.52. The first-order valence-corrected chi connectivity index (χ1v) is 14.0. The summed E-state index contributed by atoms with van der Waals surface area (Å²) in [5, 5.41) is 8.46. The number of nitrogens with zero attached hydrogens (tertiary/aromatic N) is 8. The van der Waals surface area contributed by atoms with Gasteiger partial charge < -0.3 is 14.0 Å². The summed E-state index contributed by atoms with van der Waals surface area (Å²) in [6.45, 7) is 1.03. The van der Waals surface area contributed by atoms with E-state index in [1.165, 1.54) is 30.6 Å². The highest BCUT2D eigenvalue weighted by atomic mass is 19.1. The molecule has 1 aromatic carbocycles. The van der Waals surface area contributed by atoms with E-state index >= 15 is 0 Å². The van der Waals surface area contributed by atoms with Gasteiger partial charge in [0, 0.05) is 48.6 Å². The zero-order valence-electron chi connectivity index (χ0n) is 23.2. The Morgan fingerprint density at radius 3 is 2.52 bits per heavy atom. The van der Waals surface area contributed by atoms with Gasteiger partial charge in [0.05, 0.1) is 42.2 Å². The van der Waals surface area contributed by atoms with Crippen molar-refractivity contribution in [2.24, 2.45) is 0 Å². The Labute approximate surface area is 248 Å². The molecule has 1 saturated heterocycles. The molecule has 0 radical (unpaired) electrons. The molecular formula is C31H24F2N8O3. The van der Waals surface area contributed by atoms with E-state index in [2.05, 4.69) is 19.7 Å². The fourth-order valence-electron chi connectivity index (χ4n) is 5.52. The van der Waals surface area contributed by atoms with Gasteiger partial charge in [-0.2, -0.15) is 9.49 Å². The second-order valence-electron chi connectivity index (χ2n) is 10.5. The Morgan fingerprint density at radius 1 is 0.955 bits per heavy atom. The van der Waals surface area contributed by atoms with Gasteiger partial charge in [-0.3, -0.25) is 9.59 Å². The van der Waals surface area contributed by atoms with Crippen molar-refractivity contribution in [1.29, 1.82) is 0 Å².